The molecule has 0 aliphatic heterocycles. The Kier molecular flexibility index (Phi) is 7.54. The zero-order chi connectivity index (χ0) is 15.0. The summed E-state index contributed by atoms with van der Waals surface area (Å²) in [4.78, 5) is 25.5. The Balaban J connectivity index is 2.31. The number of methoxy groups -OCH3 is 1. The van der Waals surface area contributed by atoms with E-state index in [0.717, 1.165) is 32.1 Å². The number of nitrogens with two attached hydrogens (primary N) is 1. The molecule has 0 saturated heterocycles. The molecule has 0 aromatic rings. The molecule has 2 unspecified atom stereocenters. The molecule has 6 nitrogen and oxygen atoms in total. The van der Waals surface area contributed by atoms with Crippen molar-refractivity contribution in [2.24, 2.45) is 11.7 Å². The molecular weight excluding hydrogens is 258 g/mol. The van der Waals surface area contributed by atoms with Crippen LogP contribution in [0.4, 0.5) is 0 Å². The van der Waals surface area contributed by atoms with E-state index < -0.39 is 0 Å². The topological polar surface area (TPSA) is 84.7 Å². The Morgan fingerprint density at radius 1 is 1.35 bits per heavy atom. The molecule has 1 aliphatic carbocycles. The molecule has 2 amide bonds. The van der Waals surface area contributed by atoms with E-state index in [9.17, 15) is 9.59 Å². The summed E-state index contributed by atoms with van der Waals surface area (Å²) in [6.45, 7) is 1.28. The number of nitrogens with one attached hydrogen (secondary N) is 1. The third-order valence-corrected chi connectivity index (χ3v) is 3.74. The summed E-state index contributed by atoms with van der Waals surface area (Å²) < 4.78 is 4.90. The number of hydrogen-bond donors (Lipinski definition) is 2. The zero-order valence-corrected chi connectivity index (χ0v) is 12.6. The van der Waals surface area contributed by atoms with Gasteiger partial charge in [-0.2, -0.15) is 0 Å². The van der Waals surface area contributed by atoms with Gasteiger partial charge in [0.2, 0.25) is 11.8 Å². The Hall–Kier alpha value is -1.14. The second-order valence-electron chi connectivity index (χ2n) is 5.45. The first-order valence-electron chi connectivity index (χ1n) is 7.32. The number of nitrogens with zero attached hydrogens (tertiary/aromatic N) is 1. The second kappa shape index (κ2) is 8.92. The summed E-state index contributed by atoms with van der Waals surface area (Å²) in [5, 5.41) is 2.77. The number of amides is 2. The van der Waals surface area contributed by atoms with Gasteiger partial charge in [-0.05, 0) is 19.3 Å². The first kappa shape index (κ1) is 16.9. The maximum Gasteiger partial charge on any atom is 0.239 e. The fourth-order valence-corrected chi connectivity index (χ4v) is 2.54. The Morgan fingerprint density at radius 2 is 2.05 bits per heavy atom. The first-order chi connectivity index (χ1) is 9.56. The third kappa shape index (κ3) is 5.46. The van der Waals surface area contributed by atoms with Gasteiger partial charge in [0.05, 0.1) is 12.5 Å². The second-order valence-corrected chi connectivity index (χ2v) is 5.45. The molecule has 0 heterocycles. The molecular formula is C14H27N3O3. The lowest BCUT2D eigenvalue weighted by Gasteiger charge is -2.30. The van der Waals surface area contributed by atoms with Crippen molar-refractivity contribution in [3.05, 3.63) is 0 Å². The van der Waals surface area contributed by atoms with Crippen molar-refractivity contribution in [2.75, 3.05) is 33.9 Å². The van der Waals surface area contributed by atoms with Crippen LogP contribution >= 0.6 is 0 Å². The molecule has 0 bridgehead atoms. The van der Waals surface area contributed by atoms with Crippen molar-refractivity contribution >= 4 is 11.8 Å². The number of carbonyl (C=O) groups is 2. The van der Waals surface area contributed by atoms with Gasteiger partial charge in [0, 0.05) is 33.4 Å². The van der Waals surface area contributed by atoms with Gasteiger partial charge in [0.25, 0.3) is 0 Å². The van der Waals surface area contributed by atoms with Gasteiger partial charge in [0.15, 0.2) is 0 Å². The van der Waals surface area contributed by atoms with E-state index in [-0.39, 0.29) is 30.3 Å². The van der Waals surface area contributed by atoms with Crippen LogP contribution in [-0.4, -0.2) is 56.6 Å². The number of hydrogen-bond acceptors (Lipinski definition) is 4. The van der Waals surface area contributed by atoms with Crippen LogP contribution < -0.4 is 11.1 Å². The quantitative estimate of drug-likeness (QED) is 0.650. The summed E-state index contributed by atoms with van der Waals surface area (Å²) >= 11 is 0. The van der Waals surface area contributed by atoms with Crippen LogP contribution in [0.15, 0.2) is 0 Å². The highest BCUT2D eigenvalue weighted by molar-refractivity contribution is 5.86. The lowest BCUT2D eigenvalue weighted by atomic mass is 9.84. The number of carbonyl (C=O) groups excluding carboxylic acids is 2. The molecule has 0 aromatic heterocycles. The van der Waals surface area contributed by atoms with E-state index >= 15 is 0 Å². The lowest BCUT2D eigenvalue weighted by molar-refractivity contribution is -0.139. The minimum Gasteiger partial charge on any atom is -0.385 e. The van der Waals surface area contributed by atoms with Crippen LogP contribution in [-0.2, 0) is 14.3 Å². The van der Waals surface area contributed by atoms with Crippen LogP contribution in [0, 0.1) is 5.92 Å². The molecule has 20 heavy (non-hydrogen) atoms. The van der Waals surface area contributed by atoms with Crippen LogP contribution in [0.3, 0.4) is 0 Å². The summed E-state index contributed by atoms with van der Waals surface area (Å²) in [5.41, 5.74) is 6.00. The molecule has 1 fully saturated rings. The van der Waals surface area contributed by atoms with Gasteiger partial charge in [-0.1, -0.05) is 12.8 Å². The van der Waals surface area contributed by atoms with Gasteiger partial charge in [-0.25, -0.2) is 0 Å². The zero-order valence-electron chi connectivity index (χ0n) is 12.6. The maximum atomic E-state index is 12.3. The average molecular weight is 285 g/mol. The van der Waals surface area contributed by atoms with Crippen molar-refractivity contribution < 1.29 is 14.3 Å². The highest BCUT2D eigenvalue weighted by Crippen LogP contribution is 2.24. The Bertz CT molecular complexity index is 323. The van der Waals surface area contributed by atoms with Gasteiger partial charge >= 0.3 is 0 Å². The predicted octanol–water partition coefficient (Wildman–Crippen LogP) is 0.115. The molecule has 2 atom stereocenters. The summed E-state index contributed by atoms with van der Waals surface area (Å²) in [6, 6.07) is -0.0662. The molecule has 1 aliphatic rings. The van der Waals surface area contributed by atoms with E-state index in [2.05, 4.69) is 5.32 Å². The van der Waals surface area contributed by atoms with Gasteiger partial charge < -0.3 is 20.7 Å². The summed E-state index contributed by atoms with van der Waals surface area (Å²) in [7, 11) is 3.29. The number of ether oxygens (including phenoxy) is 1. The standard InChI is InChI=1S/C14H27N3O3/c1-17(10-13(18)16-8-5-9-20-2)14(19)11-6-3-4-7-12(11)15/h11-12H,3-10,15H2,1-2H3,(H,16,18). The van der Waals surface area contributed by atoms with Crippen LogP contribution in [0.5, 0.6) is 0 Å². The van der Waals surface area contributed by atoms with Crippen molar-refractivity contribution in [2.45, 2.75) is 38.1 Å². The van der Waals surface area contributed by atoms with Crippen LogP contribution in [0.2, 0.25) is 0 Å². The smallest absolute Gasteiger partial charge is 0.239 e. The van der Waals surface area contributed by atoms with Crippen LogP contribution in [0.25, 0.3) is 0 Å². The summed E-state index contributed by atoms with van der Waals surface area (Å²) in [6.07, 6.45) is 4.64. The van der Waals surface area contributed by atoms with Crippen molar-refractivity contribution in [3.8, 4) is 0 Å². The van der Waals surface area contributed by atoms with E-state index in [1.54, 1.807) is 14.2 Å². The molecule has 6 heteroatoms. The first-order valence-corrected chi connectivity index (χ1v) is 7.32. The SMILES string of the molecule is COCCCNC(=O)CN(C)C(=O)C1CCCCC1N. The fraction of sp³-hybridized carbons (Fsp3) is 0.857. The largest absolute Gasteiger partial charge is 0.385 e. The fourth-order valence-electron chi connectivity index (χ4n) is 2.54. The number of rotatable bonds is 7. The van der Waals surface area contributed by atoms with Gasteiger partial charge in [-0.3, -0.25) is 9.59 Å². The minimum absolute atomic E-state index is 0.00996. The number of likely N-dealkylation sites (N-methyl/N-ethyl adjacent to an activating group) is 1. The van der Waals surface area contributed by atoms with E-state index in [1.165, 1.54) is 4.90 Å². The summed E-state index contributed by atoms with van der Waals surface area (Å²) in [5.74, 6) is -0.277. The van der Waals surface area contributed by atoms with Gasteiger partial charge in [-0.15, -0.1) is 0 Å². The Morgan fingerprint density at radius 3 is 2.70 bits per heavy atom. The minimum atomic E-state index is -0.138. The highest BCUT2D eigenvalue weighted by Gasteiger charge is 2.30. The van der Waals surface area contributed by atoms with Crippen molar-refractivity contribution in [1.82, 2.24) is 10.2 Å². The third-order valence-electron chi connectivity index (χ3n) is 3.74. The molecule has 3 N–H and O–H groups in total. The normalized spacial score (nSPS) is 22.4. The van der Waals surface area contributed by atoms with Gasteiger partial charge in [0.1, 0.15) is 0 Å². The predicted molar refractivity (Wildman–Crippen MR) is 77.1 cm³/mol. The van der Waals surface area contributed by atoms with Crippen molar-refractivity contribution in [1.29, 1.82) is 0 Å². The monoisotopic (exact) mass is 285 g/mol. The van der Waals surface area contributed by atoms with E-state index in [0.29, 0.717) is 13.2 Å². The molecule has 1 saturated carbocycles. The van der Waals surface area contributed by atoms with E-state index in [4.69, 9.17) is 10.5 Å². The molecule has 116 valence electrons. The molecule has 1 rings (SSSR count). The van der Waals surface area contributed by atoms with Crippen molar-refractivity contribution in [3.63, 3.8) is 0 Å². The average Bonchev–Trinajstić information content (AvgIpc) is 2.43. The molecule has 0 radical (unpaired) electrons. The maximum absolute atomic E-state index is 12.3. The Labute approximate surface area is 121 Å². The lowest BCUT2D eigenvalue weighted by Crippen LogP contribution is -2.47. The van der Waals surface area contributed by atoms with Crippen LogP contribution in [0.1, 0.15) is 32.1 Å². The highest BCUT2D eigenvalue weighted by atomic mass is 16.5. The molecule has 0 aromatic carbocycles. The molecule has 0 spiro atoms. The van der Waals surface area contributed by atoms with E-state index in [1.807, 2.05) is 0 Å².